The van der Waals surface area contributed by atoms with E-state index in [4.69, 9.17) is 5.73 Å². The summed E-state index contributed by atoms with van der Waals surface area (Å²) in [6.45, 7) is 12.4. The quantitative estimate of drug-likeness (QED) is 0.519. The first kappa shape index (κ1) is 21.9. The molecule has 29 heavy (non-hydrogen) atoms. The number of allylic oxidation sites excluding steroid dienone is 1. The van der Waals surface area contributed by atoms with E-state index in [2.05, 4.69) is 34.6 Å². The second kappa shape index (κ2) is 7.97. The van der Waals surface area contributed by atoms with Crippen LogP contribution in [0.15, 0.2) is 11.1 Å². The second-order valence-corrected chi connectivity index (χ2v) is 12.4. The van der Waals surface area contributed by atoms with E-state index in [-0.39, 0.29) is 6.10 Å². The van der Waals surface area contributed by atoms with Gasteiger partial charge in [-0.2, -0.15) is 0 Å². The highest BCUT2D eigenvalue weighted by Gasteiger charge is 2.57. The summed E-state index contributed by atoms with van der Waals surface area (Å²) in [4.78, 5) is 0. The first-order valence-corrected chi connectivity index (χ1v) is 12.8. The van der Waals surface area contributed by atoms with Gasteiger partial charge in [-0.1, -0.05) is 59.5 Å². The maximum atomic E-state index is 10.3. The minimum Gasteiger partial charge on any atom is -0.393 e. The first-order chi connectivity index (χ1) is 13.7. The summed E-state index contributed by atoms with van der Waals surface area (Å²) in [6.07, 6.45) is 13.7. The lowest BCUT2D eigenvalue weighted by Gasteiger charge is -2.57. The molecule has 4 rings (SSSR count). The van der Waals surface area contributed by atoms with Crippen LogP contribution in [0.4, 0.5) is 0 Å². The molecule has 0 aromatic carbocycles. The third kappa shape index (κ3) is 3.65. The molecule has 0 radical (unpaired) electrons. The van der Waals surface area contributed by atoms with Crippen molar-refractivity contribution in [3.63, 3.8) is 0 Å². The zero-order chi connectivity index (χ0) is 21.0. The van der Waals surface area contributed by atoms with Crippen LogP contribution in [0.1, 0.15) is 105 Å². The molecular weight excluding hydrogens is 354 g/mol. The second-order valence-electron chi connectivity index (χ2n) is 12.4. The number of fused-ring (bicyclic) bond motifs is 4. The molecule has 3 saturated carbocycles. The van der Waals surface area contributed by atoms with Crippen LogP contribution in [-0.4, -0.2) is 17.3 Å². The third-order valence-electron chi connectivity index (χ3n) is 10.2. The van der Waals surface area contributed by atoms with Crippen molar-refractivity contribution in [2.24, 2.45) is 46.2 Å². The minimum absolute atomic E-state index is 0.0547. The van der Waals surface area contributed by atoms with Crippen molar-refractivity contribution in [3.8, 4) is 0 Å². The predicted molar refractivity (Wildman–Crippen MR) is 122 cm³/mol. The molecule has 4 aliphatic rings. The molecule has 2 nitrogen and oxygen atoms in total. The van der Waals surface area contributed by atoms with Crippen LogP contribution in [-0.2, 0) is 0 Å². The summed E-state index contributed by atoms with van der Waals surface area (Å²) in [6, 6.07) is 0.296. The SMILES string of the molecule is CC(C)CCC[C@@H](C)[C@H]1CC(N)C2=C3CCC4CC(O)CC[C@]4(C)[C@H]3CC[C@@]21C. The van der Waals surface area contributed by atoms with E-state index in [1.807, 2.05) is 0 Å². The lowest BCUT2D eigenvalue weighted by molar-refractivity contribution is -0.0382. The van der Waals surface area contributed by atoms with Crippen LogP contribution in [0, 0.1) is 40.4 Å². The summed E-state index contributed by atoms with van der Waals surface area (Å²) in [5, 5.41) is 10.3. The first-order valence-electron chi connectivity index (χ1n) is 12.8. The molecule has 0 bridgehead atoms. The van der Waals surface area contributed by atoms with Crippen LogP contribution in [0.25, 0.3) is 0 Å². The van der Waals surface area contributed by atoms with Crippen molar-refractivity contribution in [2.75, 3.05) is 0 Å². The van der Waals surface area contributed by atoms with Crippen molar-refractivity contribution in [1.82, 2.24) is 0 Å². The van der Waals surface area contributed by atoms with E-state index in [0.717, 1.165) is 36.5 Å². The maximum Gasteiger partial charge on any atom is 0.0543 e. The highest BCUT2D eigenvalue weighted by molar-refractivity contribution is 5.38. The highest BCUT2D eigenvalue weighted by Crippen LogP contribution is 2.65. The standard InChI is InChI=1S/C27H47NO/c1-17(2)7-6-8-18(3)23-16-24(28)25-21-10-9-19-15-20(29)11-13-26(19,4)22(21)12-14-27(23,25)5/h17-20,22-24,29H,6-16,28H2,1-5H3/t18-,19?,20?,22+,23-,24?,26+,27-/m1/s1. The Morgan fingerprint density at radius 3 is 2.52 bits per heavy atom. The molecule has 3 N–H and O–H groups in total. The van der Waals surface area contributed by atoms with Crippen LogP contribution in [0.5, 0.6) is 0 Å². The minimum atomic E-state index is -0.0547. The molecule has 4 aliphatic carbocycles. The lowest BCUT2D eigenvalue weighted by Crippen LogP contribution is -2.49. The molecule has 0 aromatic heterocycles. The van der Waals surface area contributed by atoms with E-state index in [1.165, 1.54) is 57.8 Å². The number of hydrogen-bond donors (Lipinski definition) is 2. The van der Waals surface area contributed by atoms with Gasteiger partial charge >= 0.3 is 0 Å². The van der Waals surface area contributed by atoms with Crippen molar-refractivity contribution >= 4 is 0 Å². The molecule has 0 aliphatic heterocycles. The summed E-state index contributed by atoms with van der Waals surface area (Å²) in [7, 11) is 0. The van der Waals surface area contributed by atoms with Crippen LogP contribution < -0.4 is 5.73 Å². The molecule has 0 aromatic rings. The molecule has 2 heteroatoms. The van der Waals surface area contributed by atoms with Gasteiger partial charge in [0.1, 0.15) is 0 Å². The Hall–Kier alpha value is -0.340. The normalized spacial score (nSPS) is 45.7. The van der Waals surface area contributed by atoms with Gasteiger partial charge in [0.25, 0.3) is 0 Å². The van der Waals surface area contributed by atoms with Crippen molar-refractivity contribution in [2.45, 2.75) is 117 Å². The van der Waals surface area contributed by atoms with E-state index in [0.29, 0.717) is 22.8 Å². The molecule has 0 saturated heterocycles. The molecule has 166 valence electrons. The van der Waals surface area contributed by atoms with Gasteiger partial charge in [-0.3, -0.25) is 0 Å². The van der Waals surface area contributed by atoms with Gasteiger partial charge in [-0.15, -0.1) is 0 Å². The summed E-state index contributed by atoms with van der Waals surface area (Å²) in [5.74, 6) is 3.83. The van der Waals surface area contributed by atoms with Crippen molar-refractivity contribution < 1.29 is 5.11 Å². The number of hydrogen-bond acceptors (Lipinski definition) is 2. The lowest BCUT2D eigenvalue weighted by atomic mass is 9.48. The van der Waals surface area contributed by atoms with Gasteiger partial charge in [-0.05, 0) is 97.4 Å². The zero-order valence-electron chi connectivity index (χ0n) is 19.8. The van der Waals surface area contributed by atoms with E-state index in [1.54, 1.807) is 11.1 Å². The fourth-order valence-electron chi connectivity index (χ4n) is 8.59. The predicted octanol–water partition coefficient (Wildman–Crippen LogP) is 6.47. The van der Waals surface area contributed by atoms with E-state index in [9.17, 15) is 5.11 Å². The Balaban J connectivity index is 1.58. The Morgan fingerprint density at radius 1 is 1.03 bits per heavy atom. The molecule has 0 amide bonds. The fourth-order valence-corrected chi connectivity index (χ4v) is 8.59. The summed E-state index contributed by atoms with van der Waals surface area (Å²) >= 11 is 0. The van der Waals surface area contributed by atoms with Gasteiger partial charge in [-0.25, -0.2) is 0 Å². The van der Waals surface area contributed by atoms with Crippen LogP contribution in [0.2, 0.25) is 0 Å². The van der Waals surface area contributed by atoms with Gasteiger partial charge in [0.2, 0.25) is 0 Å². The number of aliphatic hydroxyl groups excluding tert-OH is 1. The monoisotopic (exact) mass is 401 g/mol. The molecule has 0 heterocycles. The Morgan fingerprint density at radius 2 is 1.79 bits per heavy atom. The highest BCUT2D eigenvalue weighted by atomic mass is 16.3. The average molecular weight is 402 g/mol. The number of nitrogens with two attached hydrogens (primary N) is 1. The third-order valence-corrected chi connectivity index (χ3v) is 10.2. The Labute approximate surface area is 180 Å². The molecule has 3 fully saturated rings. The van der Waals surface area contributed by atoms with Crippen molar-refractivity contribution in [3.05, 3.63) is 11.1 Å². The molecular formula is C27H47NO. The van der Waals surface area contributed by atoms with Crippen molar-refractivity contribution in [1.29, 1.82) is 0 Å². The molecule has 0 spiro atoms. The zero-order valence-corrected chi connectivity index (χ0v) is 19.8. The van der Waals surface area contributed by atoms with Crippen LogP contribution >= 0.6 is 0 Å². The Kier molecular flexibility index (Phi) is 6.01. The van der Waals surface area contributed by atoms with Gasteiger partial charge in [0, 0.05) is 6.04 Å². The van der Waals surface area contributed by atoms with E-state index >= 15 is 0 Å². The molecule has 8 atom stereocenters. The van der Waals surface area contributed by atoms with Gasteiger partial charge in [0.05, 0.1) is 6.10 Å². The Bertz CT molecular complexity index is 638. The summed E-state index contributed by atoms with van der Waals surface area (Å²) < 4.78 is 0. The average Bonchev–Trinajstić information content (AvgIpc) is 2.93. The van der Waals surface area contributed by atoms with Crippen LogP contribution in [0.3, 0.4) is 0 Å². The maximum absolute atomic E-state index is 10.3. The fraction of sp³-hybridized carbons (Fsp3) is 0.926. The topological polar surface area (TPSA) is 46.2 Å². The summed E-state index contributed by atoms with van der Waals surface area (Å²) in [5.41, 5.74) is 11.2. The number of aliphatic hydroxyl groups is 1. The number of rotatable bonds is 5. The van der Waals surface area contributed by atoms with Gasteiger partial charge < -0.3 is 10.8 Å². The molecule has 3 unspecified atom stereocenters. The smallest absolute Gasteiger partial charge is 0.0543 e. The largest absolute Gasteiger partial charge is 0.393 e. The van der Waals surface area contributed by atoms with E-state index < -0.39 is 0 Å². The van der Waals surface area contributed by atoms with Gasteiger partial charge in [0.15, 0.2) is 0 Å².